The van der Waals surface area contributed by atoms with E-state index in [4.69, 9.17) is 23.2 Å². The molecule has 1 heterocycles. The summed E-state index contributed by atoms with van der Waals surface area (Å²) < 4.78 is 0. The molecule has 0 saturated heterocycles. The largest absolute Gasteiger partial charge is 0.350 e. The van der Waals surface area contributed by atoms with E-state index in [1.54, 1.807) is 48.5 Å². The highest BCUT2D eigenvalue weighted by molar-refractivity contribution is 6.53. The fourth-order valence-corrected chi connectivity index (χ4v) is 3.96. The van der Waals surface area contributed by atoms with Gasteiger partial charge in [0, 0.05) is 22.3 Å². The van der Waals surface area contributed by atoms with Crippen LogP contribution >= 0.6 is 23.2 Å². The number of carbonyl (C=O) groups excluding carboxylic acids is 3. The molecule has 2 aliphatic rings. The van der Waals surface area contributed by atoms with Crippen LogP contribution in [0, 0.1) is 0 Å². The molecule has 0 aromatic heterocycles. The van der Waals surface area contributed by atoms with Gasteiger partial charge in [-0.05, 0) is 61.4 Å². The molecule has 0 spiro atoms. The van der Waals surface area contributed by atoms with Gasteiger partial charge in [-0.1, -0.05) is 36.0 Å². The van der Waals surface area contributed by atoms with E-state index >= 15 is 0 Å². The molecule has 0 unspecified atom stereocenters. The number of hydrogen-bond acceptors (Lipinski definition) is 4. The van der Waals surface area contributed by atoms with Crippen molar-refractivity contribution in [1.29, 1.82) is 0 Å². The summed E-state index contributed by atoms with van der Waals surface area (Å²) in [6, 6.07) is 13.2. The van der Waals surface area contributed by atoms with Crippen LogP contribution in [0.3, 0.4) is 0 Å². The van der Waals surface area contributed by atoms with Crippen molar-refractivity contribution in [2.24, 2.45) is 0 Å². The first-order chi connectivity index (χ1) is 14.4. The average molecular weight is 444 g/mol. The van der Waals surface area contributed by atoms with Gasteiger partial charge in [0.05, 0.1) is 5.69 Å². The average Bonchev–Trinajstić information content (AvgIpc) is 3.32. The maximum atomic E-state index is 12.8. The molecule has 1 fully saturated rings. The minimum absolute atomic E-state index is 0.0141. The van der Waals surface area contributed by atoms with Gasteiger partial charge < -0.3 is 10.6 Å². The molecule has 2 aromatic carbocycles. The van der Waals surface area contributed by atoms with E-state index in [9.17, 15) is 14.4 Å². The second-order valence-electron chi connectivity index (χ2n) is 7.27. The van der Waals surface area contributed by atoms with Crippen molar-refractivity contribution < 1.29 is 14.4 Å². The van der Waals surface area contributed by atoms with Crippen LogP contribution < -0.4 is 15.5 Å². The van der Waals surface area contributed by atoms with E-state index in [2.05, 4.69) is 10.6 Å². The third kappa shape index (κ3) is 4.06. The number of imide groups is 1. The van der Waals surface area contributed by atoms with Crippen molar-refractivity contribution in [2.75, 3.05) is 10.2 Å². The first-order valence-electron chi connectivity index (χ1n) is 9.66. The van der Waals surface area contributed by atoms with Crippen LogP contribution in [-0.2, 0) is 9.59 Å². The van der Waals surface area contributed by atoms with Crippen molar-refractivity contribution >= 4 is 52.3 Å². The van der Waals surface area contributed by atoms with Crippen LogP contribution in [0.25, 0.3) is 0 Å². The van der Waals surface area contributed by atoms with E-state index in [0.29, 0.717) is 22.0 Å². The summed E-state index contributed by atoms with van der Waals surface area (Å²) in [4.78, 5) is 38.6. The summed E-state index contributed by atoms with van der Waals surface area (Å²) in [6.07, 6.45) is 4.31. The minimum atomic E-state index is -0.612. The van der Waals surface area contributed by atoms with Crippen molar-refractivity contribution in [3.63, 3.8) is 0 Å². The highest BCUT2D eigenvalue weighted by Crippen LogP contribution is 2.30. The zero-order valence-electron chi connectivity index (χ0n) is 16.0. The second kappa shape index (κ2) is 8.50. The van der Waals surface area contributed by atoms with Crippen LogP contribution in [0.1, 0.15) is 36.0 Å². The van der Waals surface area contributed by atoms with Gasteiger partial charge in [0.15, 0.2) is 0 Å². The highest BCUT2D eigenvalue weighted by Gasteiger charge is 2.38. The molecule has 1 saturated carbocycles. The van der Waals surface area contributed by atoms with Crippen LogP contribution in [-0.4, -0.2) is 23.8 Å². The van der Waals surface area contributed by atoms with E-state index in [-0.39, 0.29) is 22.7 Å². The third-order valence-electron chi connectivity index (χ3n) is 5.22. The zero-order chi connectivity index (χ0) is 21.3. The molecular weight excluding hydrogens is 425 g/mol. The van der Waals surface area contributed by atoms with Gasteiger partial charge in [-0.2, -0.15) is 0 Å². The number of nitrogens with zero attached hydrogens (tertiary/aromatic N) is 1. The Hall–Kier alpha value is -2.83. The molecule has 2 aromatic rings. The first-order valence-corrected chi connectivity index (χ1v) is 10.4. The Labute approximate surface area is 183 Å². The van der Waals surface area contributed by atoms with Crippen LogP contribution in [0.15, 0.2) is 59.3 Å². The maximum Gasteiger partial charge on any atom is 0.283 e. The van der Waals surface area contributed by atoms with E-state index < -0.39 is 11.8 Å². The van der Waals surface area contributed by atoms with Gasteiger partial charge in [-0.25, -0.2) is 4.90 Å². The highest BCUT2D eigenvalue weighted by atomic mass is 35.5. The lowest BCUT2D eigenvalue weighted by Crippen LogP contribution is -2.32. The molecular formula is C22H19Cl2N3O3. The molecule has 1 aliphatic carbocycles. The molecule has 3 amide bonds. The quantitative estimate of drug-likeness (QED) is 0.669. The van der Waals surface area contributed by atoms with Crippen molar-refractivity contribution in [3.8, 4) is 0 Å². The summed E-state index contributed by atoms with van der Waals surface area (Å²) in [6.45, 7) is 0. The predicted molar refractivity (Wildman–Crippen MR) is 117 cm³/mol. The van der Waals surface area contributed by atoms with Crippen LogP contribution in [0.2, 0.25) is 5.02 Å². The Balaban J connectivity index is 1.46. The third-order valence-corrected chi connectivity index (χ3v) is 5.82. The molecule has 0 atom stereocenters. The molecule has 154 valence electrons. The maximum absolute atomic E-state index is 12.8. The van der Waals surface area contributed by atoms with Crippen molar-refractivity contribution in [3.05, 3.63) is 69.8 Å². The number of hydrogen-bond donors (Lipinski definition) is 2. The number of carbonyl (C=O) groups is 3. The Morgan fingerprint density at radius 3 is 2.17 bits per heavy atom. The van der Waals surface area contributed by atoms with Gasteiger partial charge in [-0.3, -0.25) is 14.4 Å². The molecule has 8 heteroatoms. The zero-order valence-corrected chi connectivity index (χ0v) is 17.5. The monoisotopic (exact) mass is 443 g/mol. The summed E-state index contributed by atoms with van der Waals surface area (Å²) in [5.74, 6) is -1.29. The van der Waals surface area contributed by atoms with E-state index in [0.717, 1.165) is 30.6 Å². The van der Waals surface area contributed by atoms with Gasteiger partial charge in [0.1, 0.15) is 10.7 Å². The Morgan fingerprint density at radius 2 is 1.53 bits per heavy atom. The number of benzene rings is 2. The van der Waals surface area contributed by atoms with Crippen molar-refractivity contribution in [2.45, 2.75) is 31.7 Å². The van der Waals surface area contributed by atoms with E-state index in [1.165, 1.54) is 0 Å². The summed E-state index contributed by atoms with van der Waals surface area (Å²) >= 11 is 12.0. The SMILES string of the molecule is O=C(NC1CCCC1)c1ccc(NC2=C(Cl)C(=O)N(c3ccc(Cl)cc3)C2=O)cc1. The fraction of sp³-hybridized carbons (Fsp3) is 0.227. The molecule has 1 aliphatic heterocycles. The van der Waals surface area contributed by atoms with Gasteiger partial charge in [-0.15, -0.1) is 0 Å². The minimum Gasteiger partial charge on any atom is -0.350 e. The lowest BCUT2D eigenvalue weighted by Gasteiger charge is -2.15. The molecule has 30 heavy (non-hydrogen) atoms. The van der Waals surface area contributed by atoms with Crippen LogP contribution in [0.4, 0.5) is 11.4 Å². The molecule has 0 bridgehead atoms. The normalized spacial score (nSPS) is 17.1. The second-order valence-corrected chi connectivity index (χ2v) is 8.08. The Bertz CT molecular complexity index is 1030. The first kappa shape index (κ1) is 20.4. The standard InChI is InChI=1S/C22H19Cl2N3O3/c23-14-7-11-17(12-8-14)27-21(29)18(24)19(22(27)30)25-16-9-5-13(6-10-16)20(28)26-15-3-1-2-4-15/h5-12,15,25H,1-4H2,(H,26,28). The Morgan fingerprint density at radius 1 is 0.900 bits per heavy atom. The Kier molecular flexibility index (Phi) is 5.79. The number of anilines is 2. The van der Waals surface area contributed by atoms with Gasteiger partial charge in [0.25, 0.3) is 17.7 Å². The lowest BCUT2D eigenvalue weighted by molar-refractivity contribution is -0.120. The number of amides is 3. The summed E-state index contributed by atoms with van der Waals surface area (Å²) in [7, 11) is 0. The summed E-state index contributed by atoms with van der Waals surface area (Å²) in [5, 5.41) is 6.23. The fourth-order valence-electron chi connectivity index (χ4n) is 3.62. The number of halogens is 2. The lowest BCUT2D eigenvalue weighted by atomic mass is 10.1. The number of rotatable bonds is 5. The topological polar surface area (TPSA) is 78.5 Å². The van der Waals surface area contributed by atoms with Gasteiger partial charge in [0.2, 0.25) is 0 Å². The molecule has 4 rings (SSSR count). The van der Waals surface area contributed by atoms with E-state index in [1.807, 2.05) is 0 Å². The predicted octanol–water partition coefficient (Wildman–Crippen LogP) is 4.45. The summed E-state index contributed by atoms with van der Waals surface area (Å²) in [5.41, 5.74) is 1.44. The van der Waals surface area contributed by atoms with Crippen LogP contribution in [0.5, 0.6) is 0 Å². The molecule has 2 N–H and O–H groups in total. The molecule has 6 nitrogen and oxygen atoms in total. The smallest absolute Gasteiger partial charge is 0.283 e. The molecule has 0 radical (unpaired) electrons. The van der Waals surface area contributed by atoms with Crippen molar-refractivity contribution in [1.82, 2.24) is 5.32 Å². The van der Waals surface area contributed by atoms with Gasteiger partial charge >= 0.3 is 0 Å². The number of nitrogens with one attached hydrogen (secondary N) is 2.